The topological polar surface area (TPSA) is 42.2 Å². The van der Waals surface area contributed by atoms with Crippen LogP contribution in [-0.2, 0) is 6.54 Å². The van der Waals surface area contributed by atoms with Gasteiger partial charge in [0.2, 0.25) is 0 Å². The summed E-state index contributed by atoms with van der Waals surface area (Å²) < 4.78 is 0. The molecule has 2 aromatic rings. The highest BCUT2D eigenvalue weighted by Gasteiger charge is 2.13. The number of hydrogen-bond acceptors (Lipinski definition) is 3. The van der Waals surface area contributed by atoms with E-state index in [1.165, 1.54) is 0 Å². The average molecular weight is 306 g/mol. The van der Waals surface area contributed by atoms with Crippen molar-refractivity contribution in [3.63, 3.8) is 0 Å². The maximum atomic E-state index is 6.02. The highest BCUT2D eigenvalue weighted by atomic mass is 35.5. The largest absolute Gasteiger partial charge is 0.389 e. The fourth-order valence-corrected chi connectivity index (χ4v) is 2.37. The molecule has 3 nitrogen and oxygen atoms in total. The van der Waals surface area contributed by atoms with Gasteiger partial charge in [-0.25, -0.2) is 0 Å². The van der Waals surface area contributed by atoms with E-state index in [0.717, 1.165) is 23.5 Å². The quantitative estimate of drug-likeness (QED) is 0.860. The molecule has 0 spiro atoms. The lowest BCUT2D eigenvalue weighted by molar-refractivity contribution is 0.809. The van der Waals surface area contributed by atoms with E-state index in [2.05, 4.69) is 16.8 Å². The minimum Gasteiger partial charge on any atom is -0.389 e. The highest BCUT2D eigenvalue weighted by Crippen LogP contribution is 2.25. The van der Waals surface area contributed by atoms with E-state index in [0.29, 0.717) is 16.6 Å². The van der Waals surface area contributed by atoms with Gasteiger partial charge in [0.15, 0.2) is 0 Å². The lowest BCUT2D eigenvalue weighted by Gasteiger charge is -2.25. The zero-order chi connectivity index (χ0) is 14.5. The summed E-state index contributed by atoms with van der Waals surface area (Å²) in [5, 5.41) is 0.630. The van der Waals surface area contributed by atoms with Crippen molar-refractivity contribution in [1.29, 1.82) is 0 Å². The molecule has 5 heteroatoms. The standard InChI is InChI=1S/C15H16ClN3S/c1-2-19(10-12-5-3-4-8-18-12)14-7-6-11(16)9-13(14)15(17)20/h3-9H,2,10H2,1H3,(H2,17,20). The molecule has 0 unspecified atom stereocenters. The number of thiocarbonyl (C=S) groups is 1. The molecule has 0 aliphatic heterocycles. The third kappa shape index (κ3) is 3.46. The molecule has 0 aliphatic rings. The van der Waals surface area contributed by atoms with Crippen LogP contribution in [0, 0.1) is 0 Å². The van der Waals surface area contributed by atoms with Crippen molar-refractivity contribution in [3.8, 4) is 0 Å². The van der Waals surface area contributed by atoms with Gasteiger partial charge in [-0.1, -0.05) is 29.9 Å². The number of nitrogens with two attached hydrogens (primary N) is 1. The zero-order valence-corrected chi connectivity index (χ0v) is 12.8. The first-order chi connectivity index (χ1) is 9.61. The molecule has 0 radical (unpaired) electrons. The molecule has 2 rings (SSSR count). The van der Waals surface area contributed by atoms with E-state index in [1.54, 1.807) is 12.3 Å². The number of halogens is 1. The van der Waals surface area contributed by atoms with Gasteiger partial charge in [0, 0.05) is 29.0 Å². The second-order valence-electron chi connectivity index (χ2n) is 4.36. The first-order valence-corrected chi connectivity index (χ1v) is 7.14. The number of hydrogen-bond donors (Lipinski definition) is 1. The number of pyridine rings is 1. The van der Waals surface area contributed by atoms with Gasteiger partial charge < -0.3 is 10.6 Å². The molecule has 0 aliphatic carbocycles. The van der Waals surface area contributed by atoms with Gasteiger partial charge in [-0.15, -0.1) is 0 Å². The molecule has 0 saturated carbocycles. The summed E-state index contributed by atoms with van der Waals surface area (Å²) in [6.07, 6.45) is 1.79. The summed E-state index contributed by atoms with van der Waals surface area (Å²) in [6.45, 7) is 3.61. The van der Waals surface area contributed by atoms with Crippen molar-refractivity contribution in [3.05, 3.63) is 58.9 Å². The van der Waals surface area contributed by atoms with Crippen LogP contribution in [0.25, 0.3) is 0 Å². The summed E-state index contributed by atoms with van der Waals surface area (Å²) in [4.78, 5) is 6.88. The predicted molar refractivity (Wildman–Crippen MR) is 88.3 cm³/mol. The summed E-state index contributed by atoms with van der Waals surface area (Å²) in [6, 6.07) is 11.5. The van der Waals surface area contributed by atoms with E-state index >= 15 is 0 Å². The maximum absolute atomic E-state index is 6.02. The third-order valence-electron chi connectivity index (χ3n) is 3.03. The highest BCUT2D eigenvalue weighted by molar-refractivity contribution is 7.80. The Morgan fingerprint density at radius 2 is 2.15 bits per heavy atom. The number of anilines is 1. The summed E-state index contributed by atoms with van der Waals surface area (Å²) in [7, 11) is 0. The zero-order valence-electron chi connectivity index (χ0n) is 11.2. The van der Waals surface area contributed by atoms with Gasteiger partial charge in [0.25, 0.3) is 0 Å². The SMILES string of the molecule is CCN(Cc1ccccn1)c1ccc(Cl)cc1C(N)=S. The van der Waals surface area contributed by atoms with Gasteiger partial charge in [-0.05, 0) is 37.3 Å². The van der Waals surface area contributed by atoms with Crippen LogP contribution in [0.5, 0.6) is 0 Å². The minimum atomic E-state index is 0.349. The van der Waals surface area contributed by atoms with Gasteiger partial charge in [-0.3, -0.25) is 4.98 Å². The molecule has 2 N–H and O–H groups in total. The molecule has 0 bridgehead atoms. The first kappa shape index (κ1) is 14.8. The Labute approximate surface area is 129 Å². The fraction of sp³-hybridized carbons (Fsp3) is 0.200. The van der Waals surface area contributed by atoms with E-state index < -0.39 is 0 Å². The monoisotopic (exact) mass is 305 g/mol. The molecule has 0 fully saturated rings. The Morgan fingerprint density at radius 3 is 2.75 bits per heavy atom. The van der Waals surface area contributed by atoms with Crippen molar-refractivity contribution in [2.24, 2.45) is 5.73 Å². The lowest BCUT2D eigenvalue weighted by Crippen LogP contribution is -2.26. The predicted octanol–water partition coefficient (Wildman–Crippen LogP) is 3.40. The van der Waals surface area contributed by atoms with Gasteiger partial charge in [0.05, 0.1) is 12.2 Å². The van der Waals surface area contributed by atoms with Crippen molar-refractivity contribution in [1.82, 2.24) is 4.98 Å². The Bertz CT molecular complexity index is 601. The Balaban J connectivity index is 2.34. The van der Waals surface area contributed by atoms with Crippen molar-refractivity contribution in [2.75, 3.05) is 11.4 Å². The molecule has 0 amide bonds. The van der Waals surface area contributed by atoms with Gasteiger partial charge in [0.1, 0.15) is 4.99 Å². The summed E-state index contributed by atoms with van der Waals surface area (Å²) >= 11 is 11.1. The van der Waals surface area contributed by atoms with Crippen LogP contribution < -0.4 is 10.6 Å². The van der Waals surface area contributed by atoms with Crippen LogP contribution in [0.1, 0.15) is 18.2 Å². The van der Waals surface area contributed by atoms with Crippen molar-refractivity contribution in [2.45, 2.75) is 13.5 Å². The van der Waals surface area contributed by atoms with E-state index in [1.807, 2.05) is 30.3 Å². The third-order valence-corrected chi connectivity index (χ3v) is 3.48. The Kier molecular flexibility index (Phi) is 4.93. The van der Waals surface area contributed by atoms with Gasteiger partial charge >= 0.3 is 0 Å². The number of aromatic nitrogens is 1. The van der Waals surface area contributed by atoms with Crippen LogP contribution in [0.3, 0.4) is 0 Å². The number of rotatable bonds is 5. The molecular weight excluding hydrogens is 290 g/mol. The molecule has 1 aromatic carbocycles. The smallest absolute Gasteiger partial charge is 0.106 e. The lowest BCUT2D eigenvalue weighted by atomic mass is 10.1. The van der Waals surface area contributed by atoms with Crippen LogP contribution in [0.4, 0.5) is 5.69 Å². The fourth-order valence-electron chi connectivity index (χ4n) is 2.04. The number of benzene rings is 1. The Hall–Kier alpha value is -1.65. The summed E-state index contributed by atoms with van der Waals surface area (Å²) in [5.74, 6) is 0. The van der Waals surface area contributed by atoms with E-state index in [9.17, 15) is 0 Å². The van der Waals surface area contributed by atoms with Crippen LogP contribution in [0.15, 0.2) is 42.6 Å². The normalized spacial score (nSPS) is 10.3. The maximum Gasteiger partial charge on any atom is 0.106 e. The van der Waals surface area contributed by atoms with Gasteiger partial charge in [-0.2, -0.15) is 0 Å². The molecule has 1 heterocycles. The minimum absolute atomic E-state index is 0.349. The second-order valence-corrected chi connectivity index (χ2v) is 5.24. The molecule has 0 atom stereocenters. The van der Waals surface area contributed by atoms with E-state index in [4.69, 9.17) is 29.6 Å². The number of nitrogens with zero attached hydrogens (tertiary/aromatic N) is 2. The van der Waals surface area contributed by atoms with Crippen molar-refractivity contribution >= 4 is 34.5 Å². The van der Waals surface area contributed by atoms with Crippen LogP contribution in [0.2, 0.25) is 5.02 Å². The first-order valence-electron chi connectivity index (χ1n) is 6.36. The van der Waals surface area contributed by atoms with Crippen LogP contribution >= 0.6 is 23.8 Å². The molecular formula is C15H16ClN3S. The molecule has 0 saturated heterocycles. The molecule has 104 valence electrons. The molecule has 20 heavy (non-hydrogen) atoms. The molecule has 1 aromatic heterocycles. The summed E-state index contributed by atoms with van der Waals surface area (Å²) in [5.41, 5.74) is 8.58. The van der Waals surface area contributed by atoms with Crippen LogP contribution in [-0.4, -0.2) is 16.5 Å². The van der Waals surface area contributed by atoms with Crippen molar-refractivity contribution < 1.29 is 0 Å². The average Bonchev–Trinajstić information content (AvgIpc) is 2.46. The van der Waals surface area contributed by atoms with E-state index in [-0.39, 0.29) is 0 Å². The Morgan fingerprint density at radius 1 is 1.35 bits per heavy atom. The second kappa shape index (κ2) is 6.68.